The van der Waals surface area contributed by atoms with Gasteiger partial charge in [-0.3, -0.25) is 0 Å². The average molecular weight is 316 g/mol. The normalized spacial score (nSPS) is 12.3. The maximum Gasteiger partial charge on any atom is 0.198 e. The molecule has 4 heteroatoms. The highest BCUT2D eigenvalue weighted by Gasteiger charge is 2.07. The van der Waals surface area contributed by atoms with Gasteiger partial charge in [-0.15, -0.1) is 0 Å². The molecule has 2 rings (SSSR count). The first-order valence-corrected chi connectivity index (χ1v) is 8.51. The van der Waals surface area contributed by atoms with Crippen LogP contribution in [0.2, 0.25) is 0 Å². The first kappa shape index (κ1) is 17.5. The Hall–Kier alpha value is -1.81. The summed E-state index contributed by atoms with van der Waals surface area (Å²) < 4.78 is 10.7. The lowest BCUT2D eigenvalue weighted by Gasteiger charge is -2.11. The molecule has 0 spiro atoms. The smallest absolute Gasteiger partial charge is 0.198 e. The summed E-state index contributed by atoms with van der Waals surface area (Å²) in [6, 6.07) is 8.51. The second kappa shape index (κ2) is 9.36. The predicted octanol–water partition coefficient (Wildman–Crippen LogP) is 4.33. The highest BCUT2D eigenvalue weighted by molar-refractivity contribution is 5.28. The van der Waals surface area contributed by atoms with Gasteiger partial charge in [-0.2, -0.15) is 0 Å². The molecule has 0 aliphatic carbocycles. The van der Waals surface area contributed by atoms with E-state index in [0.29, 0.717) is 12.5 Å². The zero-order valence-electron chi connectivity index (χ0n) is 14.5. The molecule has 1 unspecified atom stereocenters. The first-order chi connectivity index (χ1) is 11.2. The molecule has 0 aliphatic heterocycles. The monoisotopic (exact) mass is 316 g/mol. The fraction of sp³-hybridized carbons (Fsp3) is 0.526. The van der Waals surface area contributed by atoms with E-state index in [0.717, 1.165) is 23.9 Å². The van der Waals surface area contributed by atoms with Crippen LogP contribution in [0.4, 0.5) is 0 Å². The number of aromatic nitrogens is 1. The van der Waals surface area contributed by atoms with E-state index in [-0.39, 0.29) is 0 Å². The van der Waals surface area contributed by atoms with E-state index in [4.69, 9.17) is 9.15 Å². The molecule has 0 saturated carbocycles. The number of oxazole rings is 1. The lowest BCUT2D eigenvalue weighted by atomic mass is 10.1. The molecule has 0 bridgehead atoms. The van der Waals surface area contributed by atoms with Crippen LogP contribution in [-0.4, -0.2) is 18.1 Å². The van der Waals surface area contributed by atoms with Crippen molar-refractivity contribution in [1.82, 2.24) is 10.3 Å². The molecule has 1 aromatic heterocycles. The summed E-state index contributed by atoms with van der Waals surface area (Å²) in [6.07, 6.45) is 7.53. The molecular formula is C19H28N2O2. The van der Waals surface area contributed by atoms with Crippen molar-refractivity contribution in [2.24, 2.45) is 0 Å². The third-order valence-electron chi connectivity index (χ3n) is 3.99. The standard InChI is InChI=1S/C19H28N2O2/c1-4-5-6-7-15(2)20-13-17-14-23-19(21-17)12-16-8-10-18(22-3)11-9-16/h8-11,14-15,20H,4-7,12-13H2,1-3H3. The van der Waals surface area contributed by atoms with Gasteiger partial charge in [0.1, 0.15) is 12.0 Å². The largest absolute Gasteiger partial charge is 0.497 e. The second-order valence-corrected chi connectivity index (χ2v) is 6.04. The summed E-state index contributed by atoms with van der Waals surface area (Å²) in [5, 5.41) is 3.51. The second-order valence-electron chi connectivity index (χ2n) is 6.04. The summed E-state index contributed by atoms with van der Waals surface area (Å²) in [4.78, 5) is 4.56. The van der Waals surface area contributed by atoms with Gasteiger partial charge in [-0.25, -0.2) is 4.98 Å². The van der Waals surface area contributed by atoms with Crippen molar-refractivity contribution in [2.45, 2.75) is 58.5 Å². The molecule has 4 nitrogen and oxygen atoms in total. The number of nitrogens with one attached hydrogen (secondary N) is 1. The van der Waals surface area contributed by atoms with Crippen molar-refractivity contribution in [3.8, 4) is 5.75 Å². The third-order valence-corrected chi connectivity index (χ3v) is 3.99. The first-order valence-electron chi connectivity index (χ1n) is 8.51. The van der Waals surface area contributed by atoms with Gasteiger partial charge >= 0.3 is 0 Å². The fourth-order valence-electron chi connectivity index (χ4n) is 2.51. The summed E-state index contributed by atoms with van der Waals surface area (Å²) >= 11 is 0. The van der Waals surface area contributed by atoms with Crippen molar-refractivity contribution < 1.29 is 9.15 Å². The Morgan fingerprint density at radius 1 is 1.22 bits per heavy atom. The van der Waals surface area contributed by atoms with E-state index in [1.54, 1.807) is 13.4 Å². The molecule has 1 N–H and O–H groups in total. The zero-order valence-corrected chi connectivity index (χ0v) is 14.5. The molecule has 1 atom stereocenters. The minimum Gasteiger partial charge on any atom is -0.497 e. The number of unbranched alkanes of at least 4 members (excludes halogenated alkanes) is 2. The average Bonchev–Trinajstić information content (AvgIpc) is 3.01. The number of ether oxygens (including phenoxy) is 1. The van der Waals surface area contributed by atoms with E-state index < -0.39 is 0 Å². The predicted molar refractivity (Wildman–Crippen MR) is 92.7 cm³/mol. The summed E-state index contributed by atoms with van der Waals surface area (Å²) in [5.74, 6) is 1.62. The van der Waals surface area contributed by atoms with E-state index in [9.17, 15) is 0 Å². The minimum atomic E-state index is 0.517. The molecule has 0 saturated heterocycles. The lowest BCUT2D eigenvalue weighted by molar-refractivity contribution is 0.414. The number of methoxy groups -OCH3 is 1. The van der Waals surface area contributed by atoms with Crippen LogP contribution in [0.1, 0.15) is 56.7 Å². The zero-order chi connectivity index (χ0) is 16.5. The summed E-state index contributed by atoms with van der Waals surface area (Å²) in [5.41, 5.74) is 2.14. The SMILES string of the molecule is CCCCCC(C)NCc1coc(Cc2ccc(OC)cc2)n1. The van der Waals surface area contributed by atoms with Crippen LogP contribution >= 0.6 is 0 Å². The van der Waals surface area contributed by atoms with Crippen LogP contribution < -0.4 is 10.1 Å². The topological polar surface area (TPSA) is 47.3 Å². The van der Waals surface area contributed by atoms with Gasteiger partial charge < -0.3 is 14.5 Å². The van der Waals surface area contributed by atoms with E-state index in [1.807, 2.05) is 24.3 Å². The van der Waals surface area contributed by atoms with Crippen molar-refractivity contribution in [1.29, 1.82) is 0 Å². The molecule has 0 fully saturated rings. The summed E-state index contributed by atoms with van der Waals surface area (Å²) in [7, 11) is 1.67. The van der Waals surface area contributed by atoms with Crippen molar-refractivity contribution >= 4 is 0 Å². The van der Waals surface area contributed by atoms with Crippen LogP contribution in [0.5, 0.6) is 5.75 Å². The molecule has 0 radical (unpaired) electrons. The molecule has 0 amide bonds. The molecule has 1 heterocycles. The molecule has 126 valence electrons. The third kappa shape index (κ3) is 6.06. The molecule has 0 aliphatic rings. The molecule has 23 heavy (non-hydrogen) atoms. The van der Waals surface area contributed by atoms with Crippen LogP contribution in [0.25, 0.3) is 0 Å². The quantitative estimate of drug-likeness (QED) is 0.663. The van der Waals surface area contributed by atoms with Crippen molar-refractivity contribution in [3.63, 3.8) is 0 Å². The van der Waals surface area contributed by atoms with E-state index in [1.165, 1.54) is 31.2 Å². The van der Waals surface area contributed by atoms with Gasteiger partial charge in [-0.05, 0) is 31.0 Å². The highest BCUT2D eigenvalue weighted by atomic mass is 16.5. The van der Waals surface area contributed by atoms with Gasteiger partial charge in [-0.1, -0.05) is 38.3 Å². The van der Waals surface area contributed by atoms with Crippen molar-refractivity contribution in [3.05, 3.63) is 47.7 Å². The number of nitrogens with zero attached hydrogens (tertiary/aromatic N) is 1. The Kier molecular flexibility index (Phi) is 7.14. The van der Waals surface area contributed by atoms with Gasteiger partial charge in [0.2, 0.25) is 0 Å². The van der Waals surface area contributed by atoms with Crippen molar-refractivity contribution in [2.75, 3.05) is 7.11 Å². The number of hydrogen-bond donors (Lipinski definition) is 1. The maximum atomic E-state index is 5.57. The van der Waals surface area contributed by atoms with Gasteiger partial charge in [0.15, 0.2) is 5.89 Å². The van der Waals surface area contributed by atoms with Crippen LogP contribution in [0.15, 0.2) is 34.9 Å². The maximum absolute atomic E-state index is 5.57. The highest BCUT2D eigenvalue weighted by Crippen LogP contribution is 2.15. The lowest BCUT2D eigenvalue weighted by Crippen LogP contribution is -2.25. The Balaban J connectivity index is 1.78. The van der Waals surface area contributed by atoms with Crippen LogP contribution in [0.3, 0.4) is 0 Å². The minimum absolute atomic E-state index is 0.517. The molecule has 2 aromatic rings. The molecular weight excluding hydrogens is 288 g/mol. The number of benzene rings is 1. The van der Waals surface area contributed by atoms with E-state index >= 15 is 0 Å². The summed E-state index contributed by atoms with van der Waals surface area (Å²) in [6.45, 7) is 5.23. The van der Waals surface area contributed by atoms with Gasteiger partial charge in [0.25, 0.3) is 0 Å². The number of rotatable bonds is 10. The Morgan fingerprint density at radius 2 is 2.00 bits per heavy atom. The van der Waals surface area contributed by atoms with Gasteiger partial charge in [0.05, 0.1) is 12.8 Å². The van der Waals surface area contributed by atoms with Gasteiger partial charge in [0, 0.05) is 19.0 Å². The Labute approximate surface area is 139 Å². The number of hydrogen-bond acceptors (Lipinski definition) is 4. The van der Waals surface area contributed by atoms with Crippen LogP contribution in [-0.2, 0) is 13.0 Å². The fourth-order valence-corrected chi connectivity index (χ4v) is 2.51. The Morgan fingerprint density at radius 3 is 2.70 bits per heavy atom. The van der Waals surface area contributed by atoms with Crippen LogP contribution in [0, 0.1) is 0 Å². The van der Waals surface area contributed by atoms with E-state index in [2.05, 4.69) is 24.1 Å². The molecule has 1 aromatic carbocycles. The Bertz CT molecular complexity index is 563.